The second-order valence-electron chi connectivity index (χ2n) is 8.78. The summed E-state index contributed by atoms with van der Waals surface area (Å²) >= 11 is 0. The number of rotatable bonds is 10. The standard InChI is InChI=1S/C27H31N7O3/c1-6-26(36)29-20-16-21(24(37-5)17-23(20)33(4)14-13-32(2)3)30-27-28-11-9-25(31-27)34-12-10-18-15-19(35)7-8-22(18)34/h6-12,15-17,35H,1,13-14H2,2-5H3,(H,29,36)(H,28,30,31). The number of aromatic nitrogens is 3. The molecule has 37 heavy (non-hydrogen) atoms. The lowest BCUT2D eigenvalue weighted by molar-refractivity contribution is -0.111. The van der Waals surface area contributed by atoms with Crippen molar-refractivity contribution in [2.45, 2.75) is 0 Å². The van der Waals surface area contributed by atoms with Crippen molar-refractivity contribution in [2.75, 3.05) is 56.9 Å². The minimum atomic E-state index is -0.317. The number of hydrogen-bond acceptors (Lipinski definition) is 8. The van der Waals surface area contributed by atoms with Crippen molar-refractivity contribution in [1.82, 2.24) is 19.4 Å². The molecule has 0 aliphatic carbocycles. The van der Waals surface area contributed by atoms with Crippen molar-refractivity contribution in [1.29, 1.82) is 0 Å². The second kappa shape index (κ2) is 11.0. The van der Waals surface area contributed by atoms with Gasteiger partial charge < -0.3 is 34.8 Å². The summed E-state index contributed by atoms with van der Waals surface area (Å²) in [6.07, 6.45) is 4.78. The Balaban J connectivity index is 1.69. The van der Waals surface area contributed by atoms with Crippen LogP contribution >= 0.6 is 0 Å². The van der Waals surface area contributed by atoms with Gasteiger partial charge in [-0.15, -0.1) is 0 Å². The van der Waals surface area contributed by atoms with E-state index < -0.39 is 0 Å². The van der Waals surface area contributed by atoms with Crippen LogP contribution in [0.4, 0.5) is 23.0 Å². The van der Waals surface area contributed by atoms with Crippen LogP contribution in [-0.2, 0) is 4.79 Å². The van der Waals surface area contributed by atoms with Crippen molar-refractivity contribution in [2.24, 2.45) is 0 Å². The molecule has 0 fully saturated rings. The molecule has 192 valence electrons. The average molecular weight is 502 g/mol. The summed E-state index contributed by atoms with van der Waals surface area (Å²) < 4.78 is 7.59. The third kappa shape index (κ3) is 5.81. The maximum atomic E-state index is 12.2. The molecule has 4 rings (SSSR count). The lowest BCUT2D eigenvalue weighted by Crippen LogP contribution is -2.29. The summed E-state index contributed by atoms with van der Waals surface area (Å²) in [5.41, 5.74) is 2.89. The van der Waals surface area contributed by atoms with Crippen molar-refractivity contribution in [3.63, 3.8) is 0 Å². The molecule has 0 atom stereocenters. The number of carbonyl (C=O) groups excluding carboxylic acids is 1. The molecule has 4 aromatic rings. The number of nitrogens with one attached hydrogen (secondary N) is 2. The van der Waals surface area contributed by atoms with E-state index in [4.69, 9.17) is 4.74 Å². The summed E-state index contributed by atoms with van der Waals surface area (Å²) in [4.78, 5) is 25.4. The summed E-state index contributed by atoms with van der Waals surface area (Å²) in [7, 11) is 7.57. The molecule has 0 saturated carbocycles. The molecule has 0 spiro atoms. The van der Waals surface area contributed by atoms with Gasteiger partial charge in [0, 0.05) is 44.0 Å². The Kier molecular flexibility index (Phi) is 7.59. The number of phenolic OH excluding ortho intramolecular Hbond substituents is 1. The molecular formula is C27H31N7O3. The molecule has 2 heterocycles. The molecule has 2 aromatic heterocycles. The van der Waals surface area contributed by atoms with Gasteiger partial charge in [-0.3, -0.25) is 4.79 Å². The second-order valence-corrected chi connectivity index (χ2v) is 8.78. The normalized spacial score (nSPS) is 10.9. The molecule has 2 aromatic carbocycles. The third-order valence-electron chi connectivity index (χ3n) is 5.86. The van der Waals surface area contributed by atoms with Crippen LogP contribution in [0.15, 0.2) is 67.5 Å². The van der Waals surface area contributed by atoms with Crippen LogP contribution in [0.1, 0.15) is 0 Å². The Hall–Kier alpha value is -4.57. The monoisotopic (exact) mass is 501 g/mol. The zero-order valence-electron chi connectivity index (χ0n) is 21.4. The highest BCUT2D eigenvalue weighted by molar-refractivity contribution is 6.02. The molecule has 10 nitrogen and oxygen atoms in total. The van der Waals surface area contributed by atoms with Gasteiger partial charge in [0.25, 0.3) is 0 Å². The van der Waals surface area contributed by atoms with Crippen LogP contribution in [0.5, 0.6) is 11.5 Å². The van der Waals surface area contributed by atoms with E-state index in [2.05, 4.69) is 37.0 Å². The van der Waals surface area contributed by atoms with Gasteiger partial charge >= 0.3 is 0 Å². The number of likely N-dealkylation sites (N-methyl/N-ethyl adjacent to an activating group) is 2. The van der Waals surface area contributed by atoms with Crippen LogP contribution in [0.2, 0.25) is 0 Å². The lowest BCUT2D eigenvalue weighted by Gasteiger charge is -2.26. The molecule has 0 radical (unpaired) electrons. The maximum Gasteiger partial charge on any atom is 0.247 e. The number of anilines is 4. The number of methoxy groups -OCH3 is 1. The van der Waals surface area contributed by atoms with Crippen molar-refractivity contribution in [3.05, 3.63) is 67.5 Å². The molecule has 3 N–H and O–H groups in total. The summed E-state index contributed by atoms with van der Waals surface area (Å²) in [5, 5.41) is 16.8. The van der Waals surface area contributed by atoms with E-state index in [0.717, 1.165) is 29.7 Å². The Bertz CT molecular complexity index is 1430. The van der Waals surface area contributed by atoms with E-state index >= 15 is 0 Å². The molecule has 0 aliphatic heterocycles. The Labute approximate surface area is 215 Å². The average Bonchev–Trinajstić information content (AvgIpc) is 3.30. The molecule has 1 amide bonds. The van der Waals surface area contributed by atoms with Crippen LogP contribution in [0.25, 0.3) is 16.7 Å². The van der Waals surface area contributed by atoms with Gasteiger partial charge in [-0.25, -0.2) is 4.98 Å². The number of aromatic hydroxyl groups is 1. The van der Waals surface area contributed by atoms with Gasteiger partial charge in [-0.2, -0.15) is 4.98 Å². The van der Waals surface area contributed by atoms with E-state index in [0.29, 0.717) is 28.9 Å². The first-order chi connectivity index (χ1) is 17.8. The van der Waals surface area contributed by atoms with Gasteiger partial charge in [0.2, 0.25) is 11.9 Å². The number of benzene rings is 2. The van der Waals surface area contributed by atoms with Crippen LogP contribution in [0, 0.1) is 0 Å². The minimum absolute atomic E-state index is 0.206. The van der Waals surface area contributed by atoms with E-state index in [9.17, 15) is 9.90 Å². The van der Waals surface area contributed by atoms with Gasteiger partial charge in [-0.1, -0.05) is 6.58 Å². The maximum absolute atomic E-state index is 12.2. The molecule has 10 heteroatoms. The first kappa shape index (κ1) is 25.5. The summed E-state index contributed by atoms with van der Waals surface area (Å²) in [6, 6.07) is 12.6. The quantitative estimate of drug-likeness (QED) is 0.280. The first-order valence-electron chi connectivity index (χ1n) is 11.7. The van der Waals surface area contributed by atoms with E-state index in [-0.39, 0.29) is 11.7 Å². The Morgan fingerprint density at radius 1 is 1.14 bits per heavy atom. The van der Waals surface area contributed by atoms with Gasteiger partial charge in [0.05, 0.1) is 29.7 Å². The largest absolute Gasteiger partial charge is 0.508 e. The highest BCUT2D eigenvalue weighted by Crippen LogP contribution is 2.38. The van der Waals surface area contributed by atoms with Gasteiger partial charge in [0.15, 0.2) is 0 Å². The van der Waals surface area contributed by atoms with E-state index in [1.165, 1.54) is 6.08 Å². The molecule has 0 saturated heterocycles. The van der Waals surface area contributed by atoms with Gasteiger partial charge in [0.1, 0.15) is 17.3 Å². The topological polar surface area (TPSA) is 108 Å². The van der Waals surface area contributed by atoms with Gasteiger partial charge in [-0.05, 0) is 56.6 Å². The molecule has 0 bridgehead atoms. The highest BCUT2D eigenvalue weighted by atomic mass is 16.5. The van der Waals surface area contributed by atoms with Crippen molar-refractivity contribution in [3.8, 4) is 17.3 Å². The number of fused-ring (bicyclic) bond motifs is 1. The summed E-state index contributed by atoms with van der Waals surface area (Å²) in [5.74, 6) is 1.46. The third-order valence-corrected chi connectivity index (χ3v) is 5.86. The smallest absolute Gasteiger partial charge is 0.247 e. The van der Waals surface area contributed by atoms with Crippen molar-refractivity contribution < 1.29 is 14.6 Å². The number of nitrogens with zero attached hydrogens (tertiary/aromatic N) is 5. The molecular weight excluding hydrogens is 470 g/mol. The number of carbonyl (C=O) groups is 1. The Morgan fingerprint density at radius 3 is 2.68 bits per heavy atom. The fourth-order valence-corrected chi connectivity index (χ4v) is 3.90. The van der Waals surface area contributed by atoms with E-state index in [1.54, 1.807) is 37.6 Å². The highest BCUT2D eigenvalue weighted by Gasteiger charge is 2.17. The predicted molar refractivity (Wildman–Crippen MR) is 147 cm³/mol. The summed E-state index contributed by atoms with van der Waals surface area (Å²) in [6.45, 7) is 5.15. The Morgan fingerprint density at radius 2 is 1.95 bits per heavy atom. The lowest BCUT2D eigenvalue weighted by atomic mass is 10.2. The van der Waals surface area contributed by atoms with Crippen LogP contribution in [-0.4, -0.2) is 71.8 Å². The number of amides is 1. The number of phenols is 1. The number of ether oxygens (including phenoxy) is 1. The predicted octanol–water partition coefficient (Wildman–Crippen LogP) is 4.00. The molecule has 0 aliphatic rings. The molecule has 0 unspecified atom stereocenters. The van der Waals surface area contributed by atoms with Crippen LogP contribution < -0.4 is 20.3 Å². The van der Waals surface area contributed by atoms with Crippen LogP contribution in [0.3, 0.4) is 0 Å². The zero-order chi connectivity index (χ0) is 26.5. The SMILES string of the molecule is C=CC(=O)Nc1cc(Nc2nccc(-n3ccc4cc(O)ccc43)n2)c(OC)cc1N(C)CCN(C)C. The zero-order valence-corrected chi connectivity index (χ0v) is 21.4. The van der Waals surface area contributed by atoms with E-state index in [1.807, 2.05) is 50.1 Å². The minimum Gasteiger partial charge on any atom is -0.508 e. The fraction of sp³-hybridized carbons (Fsp3) is 0.222. The van der Waals surface area contributed by atoms with Crippen molar-refractivity contribution >= 4 is 39.8 Å². The first-order valence-corrected chi connectivity index (χ1v) is 11.7. The number of hydrogen-bond donors (Lipinski definition) is 3. The fourth-order valence-electron chi connectivity index (χ4n) is 3.90.